The molecule has 1 aliphatic carbocycles. The highest BCUT2D eigenvalue weighted by molar-refractivity contribution is 5.85. The second-order valence-corrected chi connectivity index (χ2v) is 6.98. The standard InChI is InChI=1S/C20H30N2O3.ClH/c1-3-24-18-10-14-8-9-22(13-16(14)11-19(18)25-4-2)20(23)17-7-5-6-15(17)12-21;/h10-11,15,17H,3-9,12-13,21H2,1-2H3;1H/t15-,17-;/m1./s1. The van der Waals surface area contributed by atoms with Gasteiger partial charge in [0.15, 0.2) is 11.5 Å². The van der Waals surface area contributed by atoms with E-state index in [9.17, 15) is 4.79 Å². The molecule has 2 N–H and O–H groups in total. The number of benzene rings is 1. The van der Waals surface area contributed by atoms with Crippen LogP contribution in [0.25, 0.3) is 0 Å². The topological polar surface area (TPSA) is 64.8 Å². The Kier molecular flexibility index (Phi) is 7.59. The first-order valence-corrected chi connectivity index (χ1v) is 9.58. The number of rotatable bonds is 6. The highest BCUT2D eigenvalue weighted by Crippen LogP contribution is 2.36. The monoisotopic (exact) mass is 382 g/mol. The summed E-state index contributed by atoms with van der Waals surface area (Å²) in [5.41, 5.74) is 8.30. The number of ether oxygens (including phenoxy) is 2. The second-order valence-electron chi connectivity index (χ2n) is 6.98. The van der Waals surface area contributed by atoms with Crippen molar-refractivity contribution in [2.75, 3.05) is 26.3 Å². The van der Waals surface area contributed by atoms with Crippen LogP contribution in [-0.4, -0.2) is 37.1 Å². The Morgan fingerprint density at radius 2 is 1.81 bits per heavy atom. The first-order valence-electron chi connectivity index (χ1n) is 9.58. The maximum atomic E-state index is 13.0. The van der Waals surface area contributed by atoms with E-state index in [0.29, 0.717) is 32.2 Å². The van der Waals surface area contributed by atoms with Crippen LogP contribution in [0.15, 0.2) is 12.1 Å². The number of nitrogens with two attached hydrogens (primary N) is 1. The van der Waals surface area contributed by atoms with Gasteiger partial charge in [-0.15, -0.1) is 12.4 Å². The van der Waals surface area contributed by atoms with E-state index in [1.807, 2.05) is 18.7 Å². The molecule has 26 heavy (non-hydrogen) atoms. The molecule has 1 amide bonds. The molecule has 1 aromatic rings. The molecule has 0 radical (unpaired) electrons. The Hall–Kier alpha value is -1.46. The number of halogens is 1. The summed E-state index contributed by atoms with van der Waals surface area (Å²) in [7, 11) is 0. The van der Waals surface area contributed by atoms with Gasteiger partial charge >= 0.3 is 0 Å². The molecule has 1 aliphatic heterocycles. The number of hydrogen-bond donors (Lipinski definition) is 1. The van der Waals surface area contributed by atoms with Crippen LogP contribution in [0, 0.1) is 11.8 Å². The molecule has 5 nitrogen and oxygen atoms in total. The van der Waals surface area contributed by atoms with Crippen molar-refractivity contribution in [1.29, 1.82) is 0 Å². The number of carbonyl (C=O) groups excluding carboxylic acids is 1. The Morgan fingerprint density at radius 1 is 1.15 bits per heavy atom. The van der Waals surface area contributed by atoms with E-state index in [1.54, 1.807) is 0 Å². The average molecular weight is 383 g/mol. The highest BCUT2D eigenvalue weighted by Gasteiger charge is 2.35. The molecule has 2 atom stereocenters. The Balaban J connectivity index is 0.00000243. The van der Waals surface area contributed by atoms with Crippen molar-refractivity contribution >= 4 is 18.3 Å². The number of fused-ring (bicyclic) bond motifs is 1. The molecule has 0 bridgehead atoms. The van der Waals surface area contributed by atoms with Crippen LogP contribution in [0.2, 0.25) is 0 Å². The smallest absolute Gasteiger partial charge is 0.226 e. The Morgan fingerprint density at radius 3 is 2.42 bits per heavy atom. The maximum Gasteiger partial charge on any atom is 0.226 e. The van der Waals surface area contributed by atoms with E-state index >= 15 is 0 Å². The van der Waals surface area contributed by atoms with Gasteiger partial charge in [0, 0.05) is 19.0 Å². The van der Waals surface area contributed by atoms with Crippen LogP contribution in [-0.2, 0) is 17.8 Å². The lowest BCUT2D eigenvalue weighted by Gasteiger charge is -2.33. The molecule has 2 aliphatic rings. The third-order valence-electron chi connectivity index (χ3n) is 5.47. The van der Waals surface area contributed by atoms with Crippen LogP contribution in [0.3, 0.4) is 0 Å². The van der Waals surface area contributed by atoms with Gasteiger partial charge < -0.3 is 20.1 Å². The molecular formula is C20H31ClN2O3. The Labute approximate surface area is 162 Å². The van der Waals surface area contributed by atoms with Crippen LogP contribution in [0.5, 0.6) is 11.5 Å². The number of amides is 1. The van der Waals surface area contributed by atoms with Crippen LogP contribution in [0.4, 0.5) is 0 Å². The fourth-order valence-electron chi connectivity index (χ4n) is 4.17. The Bertz CT molecular complexity index is 623. The lowest BCUT2D eigenvalue weighted by atomic mass is 9.92. The van der Waals surface area contributed by atoms with E-state index < -0.39 is 0 Å². The molecule has 6 heteroatoms. The van der Waals surface area contributed by atoms with Gasteiger partial charge in [0.2, 0.25) is 5.91 Å². The minimum absolute atomic E-state index is 0. The molecule has 0 aromatic heterocycles. The molecular weight excluding hydrogens is 352 g/mol. The van der Waals surface area contributed by atoms with Crippen molar-refractivity contribution in [1.82, 2.24) is 4.90 Å². The van der Waals surface area contributed by atoms with Crippen LogP contribution in [0.1, 0.15) is 44.2 Å². The summed E-state index contributed by atoms with van der Waals surface area (Å²) in [6, 6.07) is 4.14. The highest BCUT2D eigenvalue weighted by atomic mass is 35.5. The third-order valence-corrected chi connectivity index (χ3v) is 5.47. The second kappa shape index (κ2) is 9.47. The summed E-state index contributed by atoms with van der Waals surface area (Å²) in [5, 5.41) is 0. The zero-order valence-electron chi connectivity index (χ0n) is 15.8. The molecule has 3 rings (SSSR count). The van der Waals surface area contributed by atoms with E-state index in [0.717, 1.165) is 43.7 Å². The molecule has 1 aromatic carbocycles. The summed E-state index contributed by atoms with van der Waals surface area (Å²) in [5.74, 6) is 2.33. The largest absolute Gasteiger partial charge is 0.490 e. The fraction of sp³-hybridized carbons (Fsp3) is 0.650. The van der Waals surface area contributed by atoms with E-state index in [1.165, 1.54) is 11.1 Å². The van der Waals surface area contributed by atoms with Crippen molar-refractivity contribution in [3.63, 3.8) is 0 Å². The SMILES string of the molecule is CCOc1cc2c(cc1OCC)CN(C(=O)[C@@H]1CCC[C@@H]1CN)CC2.Cl. The summed E-state index contributed by atoms with van der Waals surface area (Å²) in [6.07, 6.45) is 4.06. The van der Waals surface area contributed by atoms with Crippen molar-refractivity contribution in [3.8, 4) is 11.5 Å². The van der Waals surface area contributed by atoms with Gasteiger partial charge in [-0.25, -0.2) is 0 Å². The summed E-state index contributed by atoms with van der Waals surface area (Å²) >= 11 is 0. The van der Waals surface area contributed by atoms with Crippen LogP contribution < -0.4 is 15.2 Å². The van der Waals surface area contributed by atoms with Crippen molar-refractivity contribution < 1.29 is 14.3 Å². The molecule has 1 fully saturated rings. The molecule has 0 spiro atoms. The van der Waals surface area contributed by atoms with Gasteiger partial charge in [-0.1, -0.05) is 6.42 Å². The normalized spacial score (nSPS) is 21.7. The molecule has 0 saturated heterocycles. The van der Waals surface area contributed by atoms with Gasteiger partial charge in [0.1, 0.15) is 0 Å². The van der Waals surface area contributed by atoms with Crippen molar-refractivity contribution in [2.45, 2.75) is 46.1 Å². The minimum atomic E-state index is 0. The lowest BCUT2D eigenvalue weighted by molar-refractivity contribution is -0.137. The lowest BCUT2D eigenvalue weighted by Crippen LogP contribution is -2.41. The maximum absolute atomic E-state index is 13.0. The van der Waals surface area contributed by atoms with Gasteiger partial charge in [0.25, 0.3) is 0 Å². The molecule has 1 saturated carbocycles. The fourth-order valence-corrected chi connectivity index (χ4v) is 4.17. The van der Waals surface area contributed by atoms with Crippen molar-refractivity contribution in [2.24, 2.45) is 17.6 Å². The van der Waals surface area contributed by atoms with E-state index in [2.05, 4.69) is 12.1 Å². The summed E-state index contributed by atoms with van der Waals surface area (Å²) < 4.78 is 11.5. The van der Waals surface area contributed by atoms with Gasteiger partial charge in [-0.2, -0.15) is 0 Å². The molecule has 0 unspecified atom stereocenters. The van der Waals surface area contributed by atoms with Gasteiger partial charge in [-0.3, -0.25) is 4.79 Å². The van der Waals surface area contributed by atoms with E-state index in [4.69, 9.17) is 15.2 Å². The minimum Gasteiger partial charge on any atom is -0.490 e. The molecule has 146 valence electrons. The number of nitrogens with zero attached hydrogens (tertiary/aromatic N) is 1. The predicted octanol–water partition coefficient (Wildman–Crippen LogP) is 3.17. The first-order chi connectivity index (χ1) is 12.2. The van der Waals surface area contributed by atoms with Gasteiger partial charge in [-0.05, 0) is 68.8 Å². The summed E-state index contributed by atoms with van der Waals surface area (Å²) in [4.78, 5) is 15.0. The average Bonchev–Trinajstić information content (AvgIpc) is 3.10. The summed E-state index contributed by atoms with van der Waals surface area (Å²) in [6.45, 7) is 7.22. The number of hydrogen-bond acceptors (Lipinski definition) is 4. The first kappa shape index (κ1) is 20.8. The van der Waals surface area contributed by atoms with Crippen molar-refractivity contribution in [3.05, 3.63) is 23.3 Å². The molecule has 1 heterocycles. The zero-order chi connectivity index (χ0) is 17.8. The predicted molar refractivity (Wildman–Crippen MR) is 105 cm³/mol. The van der Waals surface area contributed by atoms with E-state index in [-0.39, 0.29) is 24.2 Å². The van der Waals surface area contributed by atoms with Gasteiger partial charge in [0.05, 0.1) is 13.2 Å². The number of carbonyl (C=O) groups is 1. The quantitative estimate of drug-likeness (QED) is 0.820. The third kappa shape index (κ3) is 4.26. The zero-order valence-corrected chi connectivity index (χ0v) is 16.6. The van der Waals surface area contributed by atoms with Crippen LogP contribution >= 0.6 is 12.4 Å².